The van der Waals surface area contributed by atoms with Crippen LogP contribution in [-0.4, -0.2) is 88.8 Å². The fourth-order valence-electron chi connectivity index (χ4n) is 5.00. The van der Waals surface area contributed by atoms with Gasteiger partial charge in [-0.15, -0.1) is 0 Å². The number of nitrogens with two attached hydrogens (primary N) is 1. The molecule has 0 bridgehead atoms. The van der Waals surface area contributed by atoms with Gasteiger partial charge in [-0.05, 0) is 36.6 Å². The summed E-state index contributed by atoms with van der Waals surface area (Å²) in [6, 6.07) is 3.67. The van der Waals surface area contributed by atoms with Crippen LogP contribution in [0, 0.1) is 0 Å². The van der Waals surface area contributed by atoms with E-state index in [9.17, 15) is 24.0 Å². The van der Waals surface area contributed by atoms with E-state index in [1.165, 1.54) is 23.1 Å². The van der Waals surface area contributed by atoms with Crippen LogP contribution < -0.4 is 33.3 Å². The molecule has 0 spiro atoms. The van der Waals surface area contributed by atoms with Gasteiger partial charge in [-0.3, -0.25) is 24.4 Å². The summed E-state index contributed by atoms with van der Waals surface area (Å²) in [6.45, 7) is 3.14. The van der Waals surface area contributed by atoms with E-state index in [0.717, 1.165) is 5.56 Å². The summed E-state index contributed by atoms with van der Waals surface area (Å²) >= 11 is 0. The van der Waals surface area contributed by atoms with Gasteiger partial charge in [0.25, 0.3) is 11.5 Å². The van der Waals surface area contributed by atoms with Gasteiger partial charge in [0.1, 0.15) is 11.7 Å². The molecule has 43 heavy (non-hydrogen) atoms. The van der Waals surface area contributed by atoms with E-state index in [1.54, 1.807) is 6.20 Å². The van der Waals surface area contributed by atoms with Crippen molar-refractivity contribution >= 4 is 39.7 Å². The van der Waals surface area contributed by atoms with Crippen LogP contribution in [0.15, 0.2) is 43.2 Å². The Balaban J connectivity index is 0.966. The van der Waals surface area contributed by atoms with Crippen molar-refractivity contribution in [1.29, 1.82) is 0 Å². The summed E-state index contributed by atoms with van der Waals surface area (Å²) in [5.41, 5.74) is 6.14. The standard InChI is InChI=1S/C27H32N8O8/c28-26-33-21-20(23(37)34-26)16(14-31-21)13-29-5-8-41-10-11-42-9-6-30-22(36)19-2-1-7-35(19)24(38)15-3-4-17-18(12-15)32-27(40)43-25(17)39/h3-4,12,14,19,29H,1-2,5-11,13H2,(H,30,36)(H,32,40)(H4,28,31,33,34,37)/t19-/m0/s1. The average molecular weight is 597 g/mol. The highest BCUT2D eigenvalue weighted by molar-refractivity contribution is 6.00. The molecule has 16 nitrogen and oxygen atoms in total. The van der Waals surface area contributed by atoms with Crippen LogP contribution in [-0.2, 0) is 20.8 Å². The van der Waals surface area contributed by atoms with Gasteiger partial charge in [-0.25, -0.2) is 9.59 Å². The Morgan fingerprint density at radius 3 is 2.70 bits per heavy atom. The van der Waals surface area contributed by atoms with E-state index >= 15 is 0 Å². The molecule has 1 aliphatic heterocycles. The van der Waals surface area contributed by atoms with E-state index in [1.807, 2.05) is 0 Å². The van der Waals surface area contributed by atoms with Gasteiger partial charge in [0.15, 0.2) is 0 Å². The molecule has 1 fully saturated rings. The molecule has 0 radical (unpaired) electrons. The zero-order chi connectivity index (χ0) is 30.3. The number of nitrogen functional groups attached to an aromatic ring is 1. The summed E-state index contributed by atoms with van der Waals surface area (Å²) in [5.74, 6) is -1.49. The quantitative estimate of drug-likeness (QED) is 0.104. The molecule has 1 aliphatic rings. The number of aromatic amines is 3. The van der Waals surface area contributed by atoms with Gasteiger partial charge in [0.05, 0.1) is 42.7 Å². The first kappa shape index (κ1) is 29.7. The van der Waals surface area contributed by atoms with Crippen molar-refractivity contribution in [3.05, 3.63) is 66.8 Å². The first-order valence-electron chi connectivity index (χ1n) is 13.8. The normalized spacial score (nSPS) is 15.0. The molecule has 3 aromatic heterocycles. The lowest BCUT2D eigenvalue weighted by molar-refractivity contribution is -0.125. The summed E-state index contributed by atoms with van der Waals surface area (Å²) in [4.78, 5) is 74.8. The number of fused-ring (bicyclic) bond motifs is 2. The minimum Gasteiger partial charge on any atom is -0.378 e. The second-order valence-corrected chi connectivity index (χ2v) is 9.90. The van der Waals surface area contributed by atoms with E-state index in [2.05, 4.69) is 35.0 Å². The monoisotopic (exact) mass is 596 g/mol. The van der Waals surface area contributed by atoms with E-state index in [0.29, 0.717) is 63.3 Å². The number of nitrogens with one attached hydrogen (secondary N) is 5. The summed E-state index contributed by atoms with van der Waals surface area (Å²) < 4.78 is 15.6. The molecule has 0 unspecified atom stereocenters. The van der Waals surface area contributed by atoms with Crippen LogP contribution >= 0.6 is 0 Å². The van der Waals surface area contributed by atoms with Crippen LogP contribution in [0.3, 0.4) is 0 Å². The van der Waals surface area contributed by atoms with Crippen LogP contribution in [0.4, 0.5) is 5.95 Å². The molecule has 2 amide bonds. The smallest absolute Gasteiger partial charge is 0.378 e. The van der Waals surface area contributed by atoms with Gasteiger partial charge in [0.2, 0.25) is 11.9 Å². The van der Waals surface area contributed by atoms with Crippen molar-refractivity contribution in [2.75, 3.05) is 51.8 Å². The maximum atomic E-state index is 13.1. The number of carbonyl (C=O) groups is 2. The molecule has 0 saturated carbocycles. The number of ether oxygens (including phenoxy) is 2. The summed E-state index contributed by atoms with van der Waals surface area (Å²) in [7, 11) is 0. The molecule has 4 aromatic rings. The van der Waals surface area contributed by atoms with Crippen molar-refractivity contribution in [2.45, 2.75) is 25.4 Å². The van der Waals surface area contributed by atoms with Crippen molar-refractivity contribution < 1.29 is 23.5 Å². The number of benzene rings is 1. The van der Waals surface area contributed by atoms with E-state index in [4.69, 9.17) is 15.2 Å². The van der Waals surface area contributed by atoms with Gasteiger partial charge >= 0.3 is 11.4 Å². The van der Waals surface area contributed by atoms with Crippen molar-refractivity contribution in [1.82, 2.24) is 35.5 Å². The molecular weight excluding hydrogens is 564 g/mol. The number of hydrogen-bond donors (Lipinski definition) is 6. The molecule has 1 atom stereocenters. The topological polar surface area (TPSA) is 231 Å². The number of H-pyrrole nitrogens is 3. The van der Waals surface area contributed by atoms with E-state index < -0.39 is 17.4 Å². The van der Waals surface area contributed by atoms with Crippen molar-refractivity contribution in [3.63, 3.8) is 0 Å². The summed E-state index contributed by atoms with van der Waals surface area (Å²) in [5, 5.41) is 6.63. The minimum atomic E-state index is -0.909. The minimum absolute atomic E-state index is 0.0578. The Morgan fingerprint density at radius 2 is 1.88 bits per heavy atom. The zero-order valence-electron chi connectivity index (χ0n) is 23.2. The lowest BCUT2D eigenvalue weighted by atomic mass is 10.1. The Hall–Kier alpha value is -4.80. The lowest BCUT2D eigenvalue weighted by Crippen LogP contribution is -2.46. The molecule has 7 N–H and O–H groups in total. The maximum absolute atomic E-state index is 13.1. The van der Waals surface area contributed by atoms with Gasteiger partial charge in [-0.2, -0.15) is 4.98 Å². The maximum Gasteiger partial charge on any atom is 0.419 e. The Labute approximate surface area is 242 Å². The second kappa shape index (κ2) is 13.5. The fourth-order valence-corrected chi connectivity index (χ4v) is 5.00. The van der Waals surface area contributed by atoms with Crippen LogP contribution in [0.1, 0.15) is 28.8 Å². The van der Waals surface area contributed by atoms with Crippen molar-refractivity contribution in [3.8, 4) is 0 Å². The average Bonchev–Trinajstić information content (AvgIpc) is 3.63. The third kappa shape index (κ3) is 6.99. The highest BCUT2D eigenvalue weighted by Crippen LogP contribution is 2.21. The Bertz CT molecular complexity index is 1790. The highest BCUT2D eigenvalue weighted by Gasteiger charge is 2.34. The van der Waals surface area contributed by atoms with Crippen molar-refractivity contribution in [2.24, 2.45) is 0 Å². The molecule has 4 heterocycles. The van der Waals surface area contributed by atoms with Crippen LogP contribution in [0.25, 0.3) is 21.9 Å². The van der Waals surface area contributed by atoms with Crippen LogP contribution in [0.2, 0.25) is 0 Å². The predicted molar refractivity (Wildman–Crippen MR) is 155 cm³/mol. The molecule has 5 rings (SSSR count). The van der Waals surface area contributed by atoms with Gasteiger partial charge < -0.3 is 40.1 Å². The van der Waals surface area contributed by atoms with Gasteiger partial charge in [0, 0.05) is 37.9 Å². The number of amides is 2. The number of anilines is 1. The predicted octanol–water partition coefficient (Wildman–Crippen LogP) is -0.828. The fraction of sp³-hybridized carbons (Fsp3) is 0.407. The highest BCUT2D eigenvalue weighted by atomic mass is 16.5. The number of hydrogen-bond acceptors (Lipinski definition) is 11. The number of nitrogens with zero attached hydrogens (tertiary/aromatic N) is 2. The molecule has 1 saturated heterocycles. The lowest BCUT2D eigenvalue weighted by Gasteiger charge is -2.24. The SMILES string of the molecule is Nc1nc2[nH]cc(CNCCOCCOCCNC(=O)[C@@H]3CCCN3C(=O)c3ccc4c(=O)oc(=O)[nH]c4c3)c2c(=O)[nH]1. The van der Waals surface area contributed by atoms with Crippen LogP contribution in [0.5, 0.6) is 0 Å². The largest absolute Gasteiger partial charge is 0.419 e. The number of carbonyl (C=O) groups excluding carboxylic acids is 2. The Kier molecular flexibility index (Phi) is 9.29. The van der Waals surface area contributed by atoms with E-state index in [-0.39, 0.29) is 52.9 Å². The second-order valence-electron chi connectivity index (χ2n) is 9.90. The molecule has 16 heteroatoms. The van der Waals surface area contributed by atoms with Gasteiger partial charge in [-0.1, -0.05) is 0 Å². The molecule has 228 valence electrons. The first-order chi connectivity index (χ1) is 20.8. The molecule has 1 aromatic carbocycles. The number of rotatable bonds is 13. The Morgan fingerprint density at radius 1 is 1.09 bits per heavy atom. The third-order valence-electron chi connectivity index (χ3n) is 7.02. The zero-order valence-corrected chi connectivity index (χ0v) is 23.2. The molecule has 0 aliphatic carbocycles. The number of likely N-dealkylation sites (tertiary alicyclic amines) is 1. The third-order valence-corrected chi connectivity index (χ3v) is 7.02. The first-order valence-corrected chi connectivity index (χ1v) is 13.8. The number of aromatic nitrogens is 4. The summed E-state index contributed by atoms with van der Waals surface area (Å²) in [6.07, 6.45) is 2.91. The molecular formula is C27H32N8O8.